The summed E-state index contributed by atoms with van der Waals surface area (Å²) in [6.45, 7) is 8.64. The molecule has 5 heterocycles. The first kappa shape index (κ1) is 27.0. The minimum Gasteiger partial charge on any atom is -0.504 e. The summed E-state index contributed by atoms with van der Waals surface area (Å²) in [5, 5.41) is 2.05. The predicted molar refractivity (Wildman–Crippen MR) is 158 cm³/mol. The van der Waals surface area contributed by atoms with E-state index < -0.39 is 0 Å². The fraction of sp³-hybridized carbons (Fsp3) is 0.152. The van der Waals surface area contributed by atoms with Gasteiger partial charge in [0.05, 0.1) is 0 Å². The van der Waals surface area contributed by atoms with E-state index in [-0.39, 0.29) is 26.5 Å². The minimum atomic E-state index is -0.00932. The van der Waals surface area contributed by atoms with Crippen molar-refractivity contribution in [3.05, 3.63) is 110 Å². The number of pyridine rings is 3. The van der Waals surface area contributed by atoms with Gasteiger partial charge in [-0.05, 0) is 59.9 Å². The molecule has 0 fully saturated rings. The van der Waals surface area contributed by atoms with Crippen LogP contribution in [0, 0.1) is 18.8 Å². The zero-order valence-corrected chi connectivity index (χ0v) is 25.3. The molecule has 2 aromatic carbocycles. The number of anilines is 3. The maximum atomic E-state index is 6.24. The first-order valence-corrected chi connectivity index (χ1v) is 13.2. The molecule has 0 spiro atoms. The SMILES string of the molecule is CN1[CH-]N(c2[c-]c(Oc3[c-]c4c(cc3)c3cnccc3n4-c3cc(C(C)(C)C)ccn3)ncc2)c2ccccc21.[Pt]. The smallest absolute Gasteiger partial charge is 0.135 e. The van der Waals surface area contributed by atoms with Crippen LogP contribution in [0.3, 0.4) is 0 Å². The summed E-state index contributed by atoms with van der Waals surface area (Å²) >= 11 is 0. The average Bonchev–Trinajstić information content (AvgIpc) is 3.47. The van der Waals surface area contributed by atoms with Crippen molar-refractivity contribution in [3.8, 4) is 17.4 Å². The molecular weight excluding hydrogens is 691 g/mol. The van der Waals surface area contributed by atoms with E-state index in [1.807, 2.05) is 62.5 Å². The normalized spacial score (nSPS) is 13.0. The summed E-state index contributed by atoms with van der Waals surface area (Å²) in [5.74, 6) is 1.73. The van der Waals surface area contributed by atoms with Crippen molar-refractivity contribution < 1.29 is 25.8 Å². The van der Waals surface area contributed by atoms with Crippen LogP contribution in [0.5, 0.6) is 11.6 Å². The van der Waals surface area contributed by atoms with Crippen LogP contribution in [0.2, 0.25) is 0 Å². The van der Waals surface area contributed by atoms with Gasteiger partial charge < -0.3 is 19.1 Å². The van der Waals surface area contributed by atoms with Gasteiger partial charge in [-0.1, -0.05) is 38.4 Å². The Morgan fingerprint density at radius 2 is 1.66 bits per heavy atom. The van der Waals surface area contributed by atoms with Gasteiger partial charge in [0.25, 0.3) is 0 Å². The van der Waals surface area contributed by atoms with E-state index in [0.717, 1.165) is 44.7 Å². The molecule has 7 rings (SSSR count). The van der Waals surface area contributed by atoms with Crippen LogP contribution < -0.4 is 14.5 Å². The van der Waals surface area contributed by atoms with Crippen LogP contribution in [0.25, 0.3) is 27.6 Å². The number of fused-ring (bicyclic) bond motifs is 4. The maximum Gasteiger partial charge on any atom is 0.135 e. The average molecular weight is 719 g/mol. The van der Waals surface area contributed by atoms with Crippen LogP contribution in [0.15, 0.2) is 85.5 Å². The quantitative estimate of drug-likeness (QED) is 0.178. The molecule has 41 heavy (non-hydrogen) atoms. The van der Waals surface area contributed by atoms with Crippen LogP contribution in [0.4, 0.5) is 17.1 Å². The summed E-state index contributed by atoms with van der Waals surface area (Å²) in [6, 6.07) is 27.1. The van der Waals surface area contributed by atoms with Gasteiger partial charge >= 0.3 is 0 Å². The van der Waals surface area contributed by atoms with E-state index in [4.69, 9.17) is 9.72 Å². The predicted octanol–water partition coefficient (Wildman–Crippen LogP) is 7.36. The van der Waals surface area contributed by atoms with E-state index in [1.54, 1.807) is 12.4 Å². The molecule has 0 N–H and O–H groups in total. The number of para-hydroxylation sites is 2. The van der Waals surface area contributed by atoms with Gasteiger partial charge in [0.1, 0.15) is 11.7 Å². The molecule has 0 bridgehead atoms. The fourth-order valence-corrected chi connectivity index (χ4v) is 5.18. The number of hydrogen-bond donors (Lipinski definition) is 0. The summed E-state index contributed by atoms with van der Waals surface area (Å²) in [5.41, 5.74) is 6.11. The van der Waals surface area contributed by atoms with Gasteiger partial charge in [-0.25, -0.2) is 4.98 Å². The molecule has 1 aliphatic heterocycles. The van der Waals surface area contributed by atoms with Crippen LogP contribution in [0.1, 0.15) is 26.3 Å². The van der Waals surface area contributed by atoms with Gasteiger partial charge in [-0.15, -0.1) is 17.5 Å². The molecule has 0 atom stereocenters. The van der Waals surface area contributed by atoms with Gasteiger partial charge in [-0.2, -0.15) is 30.6 Å². The Hall–Kier alpha value is -4.22. The van der Waals surface area contributed by atoms with Crippen molar-refractivity contribution in [2.75, 3.05) is 16.8 Å². The van der Waals surface area contributed by atoms with Crippen molar-refractivity contribution >= 4 is 38.9 Å². The first-order valence-electron chi connectivity index (χ1n) is 13.2. The molecule has 8 heteroatoms. The standard InChI is InChI=1S/C33H27N6O.Pt/c1-33(2,3)22-11-15-35-31(17-22)39-27-13-14-34-20-26(27)25-10-9-24(19-30(25)39)40-32-18-23(12-16-36-32)38-21-37(4)28-7-5-6-8-29(28)38;/h5-17,20-21H,1-4H3;/q-3;. The summed E-state index contributed by atoms with van der Waals surface area (Å²) in [4.78, 5) is 17.7. The third-order valence-corrected chi connectivity index (χ3v) is 7.23. The molecule has 0 aliphatic carbocycles. The number of benzene rings is 2. The maximum absolute atomic E-state index is 6.24. The zero-order chi connectivity index (χ0) is 27.4. The molecule has 7 nitrogen and oxygen atoms in total. The molecule has 1 aliphatic rings. The van der Waals surface area contributed by atoms with E-state index in [9.17, 15) is 0 Å². The van der Waals surface area contributed by atoms with Crippen molar-refractivity contribution in [2.24, 2.45) is 0 Å². The second kappa shape index (κ2) is 10.3. The van der Waals surface area contributed by atoms with Crippen LogP contribution in [-0.4, -0.2) is 26.6 Å². The number of nitrogens with zero attached hydrogens (tertiary/aromatic N) is 6. The molecule has 0 unspecified atom stereocenters. The van der Waals surface area contributed by atoms with E-state index in [0.29, 0.717) is 11.6 Å². The third-order valence-electron chi connectivity index (χ3n) is 7.23. The van der Waals surface area contributed by atoms with Crippen LogP contribution >= 0.6 is 0 Å². The monoisotopic (exact) mass is 718 g/mol. The third kappa shape index (κ3) is 4.74. The molecule has 0 saturated carbocycles. The van der Waals surface area contributed by atoms with Gasteiger partial charge in [0, 0.05) is 62.3 Å². The van der Waals surface area contributed by atoms with Crippen molar-refractivity contribution in [2.45, 2.75) is 26.2 Å². The number of aromatic nitrogens is 4. The fourth-order valence-electron chi connectivity index (χ4n) is 5.18. The Kier molecular flexibility index (Phi) is 6.78. The molecule has 0 saturated heterocycles. The number of ether oxygens (including phenoxy) is 1. The summed E-state index contributed by atoms with van der Waals surface area (Å²) in [7, 11) is 2.03. The molecule has 4 aromatic heterocycles. The van der Waals surface area contributed by atoms with Gasteiger partial charge in [-0.3, -0.25) is 9.97 Å². The Bertz CT molecular complexity index is 1890. The van der Waals surface area contributed by atoms with Gasteiger partial charge in [0.15, 0.2) is 0 Å². The Labute approximate surface area is 253 Å². The summed E-state index contributed by atoms with van der Waals surface area (Å²) < 4.78 is 8.36. The first-order chi connectivity index (χ1) is 19.4. The topological polar surface area (TPSA) is 59.3 Å². The minimum absolute atomic E-state index is 0. The Morgan fingerprint density at radius 1 is 0.854 bits per heavy atom. The number of hydrogen-bond acceptors (Lipinski definition) is 6. The zero-order valence-electron chi connectivity index (χ0n) is 23.1. The number of rotatable bonds is 4. The second-order valence-corrected chi connectivity index (χ2v) is 10.9. The Morgan fingerprint density at radius 3 is 2.49 bits per heavy atom. The molecule has 0 radical (unpaired) electrons. The van der Waals surface area contributed by atoms with Crippen molar-refractivity contribution in [3.63, 3.8) is 0 Å². The molecule has 0 amide bonds. The van der Waals surface area contributed by atoms with Crippen molar-refractivity contribution in [1.82, 2.24) is 19.5 Å². The van der Waals surface area contributed by atoms with E-state index in [2.05, 4.69) is 81.5 Å². The molecular formula is C33H27N6OPt-3. The summed E-state index contributed by atoms with van der Waals surface area (Å²) in [6.07, 6.45) is 7.29. The van der Waals surface area contributed by atoms with Crippen LogP contribution in [-0.2, 0) is 26.5 Å². The van der Waals surface area contributed by atoms with Crippen molar-refractivity contribution in [1.29, 1.82) is 0 Å². The second-order valence-electron chi connectivity index (χ2n) is 10.9. The molecule has 208 valence electrons. The van der Waals surface area contributed by atoms with E-state index >= 15 is 0 Å². The largest absolute Gasteiger partial charge is 0.504 e. The molecule has 6 aromatic rings. The van der Waals surface area contributed by atoms with E-state index in [1.165, 1.54) is 5.56 Å². The van der Waals surface area contributed by atoms with Gasteiger partial charge in [0.2, 0.25) is 0 Å². The Balaban J connectivity index is 0.00000302.